The Kier molecular flexibility index (Phi) is 3.20. The van der Waals surface area contributed by atoms with E-state index in [1.54, 1.807) is 12.4 Å². The highest BCUT2D eigenvalue weighted by Crippen LogP contribution is 2.10. The normalized spacial score (nSPS) is 12.3. The van der Waals surface area contributed by atoms with Crippen LogP contribution in [0.5, 0.6) is 0 Å². The Balaban J connectivity index is 2.97. The van der Waals surface area contributed by atoms with E-state index in [2.05, 4.69) is 9.98 Å². The summed E-state index contributed by atoms with van der Waals surface area (Å²) in [5, 5.41) is 0. The molecule has 2 heteroatoms. The number of pyridine rings is 1. The lowest BCUT2D eigenvalue weighted by atomic mass is 10.3. The summed E-state index contributed by atoms with van der Waals surface area (Å²) in [7, 11) is 0. The summed E-state index contributed by atoms with van der Waals surface area (Å²) in [4.78, 5) is 8.37. The average molecular weight is 160 g/mol. The first-order chi connectivity index (χ1) is 5.88. The maximum absolute atomic E-state index is 4.19. The van der Waals surface area contributed by atoms with Crippen LogP contribution in [0, 0.1) is 0 Å². The van der Waals surface area contributed by atoms with Crippen LogP contribution in [0.1, 0.15) is 19.5 Å². The van der Waals surface area contributed by atoms with Gasteiger partial charge in [0.05, 0.1) is 11.4 Å². The van der Waals surface area contributed by atoms with Crippen molar-refractivity contribution in [2.45, 2.75) is 13.8 Å². The average Bonchev–Trinajstić information content (AvgIpc) is 2.15. The van der Waals surface area contributed by atoms with Crippen LogP contribution in [0.3, 0.4) is 0 Å². The van der Waals surface area contributed by atoms with Crippen LogP contribution in [0.25, 0.3) is 5.70 Å². The van der Waals surface area contributed by atoms with Gasteiger partial charge >= 0.3 is 0 Å². The third-order valence-electron chi connectivity index (χ3n) is 1.47. The van der Waals surface area contributed by atoms with Crippen molar-refractivity contribution in [1.82, 2.24) is 4.98 Å². The zero-order chi connectivity index (χ0) is 8.81. The van der Waals surface area contributed by atoms with Gasteiger partial charge in [0.25, 0.3) is 0 Å². The molecule has 12 heavy (non-hydrogen) atoms. The smallest absolute Gasteiger partial charge is 0.0882 e. The summed E-state index contributed by atoms with van der Waals surface area (Å²) in [5.41, 5.74) is 1.83. The second-order valence-corrected chi connectivity index (χ2v) is 2.28. The van der Waals surface area contributed by atoms with Gasteiger partial charge < -0.3 is 0 Å². The van der Waals surface area contributed by atoms with Gasteiger partial charge in [-0.15, -0.1) is 0 Å². The molecule has 0 radical (unpaired) electrons. The van der Waals surface area contributed by atoms with Crippen molar-refractivity contribution in [2.75, 3.05) is 0 Å². The quantitative estimate of drug-likeness (QED) is 0.610. The Labute approximate surface area is 72.7 Å². The Morgan fingerprint density at radius 2 is 2.25 bits per heavy atom. The lowest BCUT2D eigenvalue weighted by molar-refractivity contribution is 1.25. The lowest BCUT2D eigenvalue weighted by Gasteiger charge is -1.97. The number of aromatic nitrogens is 1. The second-order valence-electron chi connectivity index (χ2n) is 2.28. The highest BCUT2D eigenvalue weighted by molar-refractivity contribution is 5.70. The van der Waals surface area contributed by atoms with Crippen molar-refractivity contribution >= 4 is 11.9 Å². The predicted octanol–water partition coefficient (Wildman–Crippen LogP) is 2.53. The van der Waals surface area contributed by atoms with Gasteiger partial charge in [0.2, 0.25) is 0 Å². The van der Waals surface area contributed by atoms with Crippen LogP contribution in [0.4, 0.5) is 0 Å². The van der Waals surface area contributed by atoms with E-state index in [1.807, 2.05) is 38.1 Å². The lowest BCUT2D eigenvalue weighted by Crippen LogP contribution is -1.84. The minimum absolute atomic E-state index is 0.915. The summed E-state index contributed by atoms with van der Waals surface area (Å²) in [6, 6.07) is 5.80. The first-order valence-corrected chi connectivity index (χ1v) is 3.95. The largest absolute Gasteiger partial charge is 0.260 e. The third kappa shape index (κ3) is 2.02. The molecule has 0 fully saturated rings. The van der Waals surface area contributed by atoms with Crippen molar-refractivity contribution in [1.29, 1.82) is 0 Å². The fourth-order valence-electron chi connectivity index (χ4n) is 0.942. The molecular formula is C10H12N2. The van der Waals surface area contributed by atoms with Gasteiger partial charge in [0.15, 0.2) is 0 Å². The monoisotopic (exact) mass is 160 g/mol. The number of hydrogen-bond donors (Lipinski definition) is 0. The molecule has 0 amide bonds. The molecule has 0 aliphatic rings. The fourth-order valence-corrected chi connectivity index (χ4v) is 0.942. The van der Waals surface area contributed by atoms with E-state index in [1.165, 1.54) is 0 Å². The molecule has 0 saturated carbocycles. The number of hydrogen-bond acceptors (Lipinski definition) is 2. The molecule has 0 aliphatic heterocycles. The van der Waals surface area contributed by atoms with Gasteiger partial charge in [-0.25, -0.2) is 0 Å². The minimum Gasteiger partial charge on any atom is -0.260 e. The van der Waals surface area contributed by atoms with E-state index >= 15 is 0 Å². The van der Waals surface area contributed by atoms with Gasteiger partial charge in [-0.2, -0.15) is 0 Å². The van der Waals surface area contributed by atoms with Crippen molar-refractivity contribution in [3.05, 3.63) is 36.2 Å². The zero-order valence-electron chi connectivity index (χ0n) is 7.36. The number of rotatable bonds is 2. The molecule has 62 valence electrons. The SMILES string of the molecule is CC=N/C(=C\C)c1ccccn1. The van der Waals surface area contributed by atoms with E-state index in [0.29, 0.717) is 0 Å². The molecule has 0 N–H and O–H groups in total. The summed E-state index contributed by atoms with van der Waals surface area (Å²) in [6.07, 6.45) is 5.48. The molecule has 0 atom stereocenters. The van der Waals surface area contributed by atoms with E-state index in [0.717, 1.165) is 11.4 Å². The number of nitrogens with zero attached hydrogens (tertiary/aromatic N) is 2. The molecule has 0 aliphatic carbocycles. The Morgan fingerprint density at radius 3 is 2.75 bits per heavy atom. The van der Waals surface area contributed by atoms with Crippen LogP contribution in [0.2, 0.25) is 0 Å². The van der Waals surface area contributed by atoms with Gasteiger partial charge in [-0.1, -0.05) is 12.1 Å². The molecule has 2 nitrogen and oxygen atoms in total. The van der Waals surface area contributed by atoms with Crippen LogP contribution < -0.4 is 0 Å². The molecule has 1 aromatic rings. The van der Waals surface area contributed by atoms with Crippen molar-refractivity contribution < 1.29 is 0 Å². The highest BCUT2D eigenvalue weighted by Gasteiger charge is 1.95. The molecule has 0 spiro atoms. The molecule has 1 aromatic heterocycles. The summed E-state index contributed by atoms with van der Waals surface area (Å²) in [5.74, 6) is 0. The molecule has 1 rings (SSSR count). The Hall–Kier alpha value is -1.44. The first kappa shape index (κ1) is 8.65. The van der Waals surface area contributed by atoms with E-state index < -0.39 is 0 Å². The minimum atomic E-state index is 0.915. The molecule has 0 unspecified atom stereocenters. The third-order valence-corrected chi connectivity index (χ3v) is 1.47. The topological polar surface area (TPSA) is 25.2 Å². The van der Waals surface area contributed by atoms with Gasteiger partial charge in [0.1, 0.15) is 0 Å². The van der Waals surface area contributed by atoms with Gasteiger partial charge in [-0.05, 0) is 26.0 Å². The van der Waals surface area contributed by atoms with Crippen LogP contribution in [-0.4, -0.2) is 11.2 Å². The van der Waals surface area contributed by atoms with Gasteiger partial charge in [-0.3, -0.25) is 9.98 Å². The fraction of sp³-hybridized carbons (Fsp3) is 0.200. The second kappa shape index (κ2) is 4.44. The van der Waals surface area contributed by atoms with Gasteiger partial charge in [0, 0.05) is 12.4 Å². The van der Waals surface area contributed by atoms with Crippen LogP contribution in [0.15, 0.2) is 35.5 Å². The number of allylic oxidation sites excluding steroid dienone is 1. The van der Waals surface area contributed by atoms with E-state index in [-0.39, 0.29) is 0 Å². The number of aliphatic imine (C=N–C) groups is 1. The van der Waals surface area contributed by atoms with Crippen LogP contribution in [-0.2, 0) is 0 Å². The summed E-state index contributed by atoms with van der Waals surface area (Å²) in [6.45, 7) is 3.85. The van der Waals surface area contributed by atoms with Crippen LogP contribution >= 0.6 is 0 Å². The molecule has 1 heterocycles. The summed E-state index contributed by atoms with van der Waals surface area (Å²) >= 11 is 0. The standard InChI is InChI=1S/C10H12N2/c1-3-9(11-4-2)10-7-5-6-8-12-10/h3-8H,1-2H3/b9-3-,11-4?. The zero-order valence-corrected chi connectivity index (χ0v) is 7.36. The maximum atomic E-state index is 4.19. The molecule has 0 saturated heterocycles. The molecule has 0 bridgehead atoms. The highest BCUT2D eigenvalue weighted by atomic mass is 14.8. The molecule has 0 aromatic carbocycles. The van der Waals surface area contributed by atoms with Crippen molar-refractivity contribution in [3.8, 4) is 0 Å². The van der Waals surface area contributed by atoms with E-state index in [9.17, 15) is 0 Å². The first-order valence-electron chi connectivity index (χ1n) is 3.95. The molecular weight excluding hydrogens is 148 g/mol. The maximum Gasteiger partial charge on any atom is 0.0882 e. The van der Waals surface area contributed by atoms with E-state index in [4.69, 9.17) is 0 Å². The predicted molar refractivity (Wildman–Crippen MR) is 52.1 cm³/mol. The summed E-state index contributed by atoms with van der Waals surface area (Å²) < 4.78 is 0. The Bertz CT molecular complexity index is 286. The van der Waals surface area contributed by atoms with Crippen molar-refractivity contribution in [2.24, 2.45) is 4.99 Å². The Morgan fingerprint density at radius 1 is 1.42 bits per heavy atom. The van der Waals surface area contributed by atoms with Crippen molar-refractivity contribution in [3.63, 3.8) is 0 Å².